The van der Waals surface area contributed by atoms with E-state index >= 15 is 9.59 Å². The van der Waals surface area contributed by atoms with E-state index in [9.17, 15) is 47.9 Å². The first-order valence-electron chi connectivity index (χ1n) is 30.1. The van der Waals surface area contributed by atoms with Crippen LogP contribution in [-0.4, -0.2) is 216 Å². The van der Waals surface area contributed by atoms with Crippen molar-refractivity contribution in [3.8, 4) is 11.5 Å². The van der Waals surface area contributed by atoms with Crippen molar-refractivity contribution < 1.29 is 66.6 Å². The highest BCUT2D eigenvalue weighted by Crippen LogP contribution is 2.36. The van der Waals surface area contributed by atoms with Crippen LogP contribution < -0.4 is 27.1 Å². The normalized spacial score (nSPS) is 22.1. The van der Waals surface area contributed by atoms with Gasteiger partial charge in [0, 0.05) is 40.3 Å². The molecule has 0 bridgehead atoms. The minimum Gasteiger partial charge on any atom is -0.459 e. The number of benzene rings is 2. The molecule has 26 heteroatoms. The number of hydrogen-bond acceptors (Lipinski definition) is 18. The minimum absolute atomic E-state index is 0.0317. The molecule has 0 saturated carbocycles. The molecule has 1 aromatic rings. The number of likely N-dealkylation sites (N-methyl/N-ethyl adjacent to an activating group) is 5. The number of nitrogens with zero attached hydrogens (tertiary/aromatic N) is 7. The summed E-state index contributed by atoms with van der Waals surface area (Å²) in [5.41, 5.74) is 4.22. The van der Waals surface area contributed by atoms with Crippen molar-refractivity contribution in [3.63, 3.8) is 0 Å². The number of esters is 2. The third-order valence-corrected chi connectivity index (χ3v) is 17.4. The molecule has 88 heavy (non-hydrogen) atoms. The van der Waals surface area contributed by atoms with Gasteiger partial charge in [0.15, 0.2) is 11.3 Å². The summed E-state index contributed by atoms with van der Waals surface area (Å²) in [5.74, 6) is -10.6. The van der Waals surface area contributed by atoms with E-state index in [1.165, 1.54) is 85.6 Å². The van der Waals surface area contributed by atoms with E-state index in [1.807, 2.05) is 11.9 Å². The number of aryl methyl sites for hydroxylation is 1. The molecule has 5 N–H and O–H groups in total. The number of nitrogens with two attached hydrogens (primary N) is 1. The third-order valence-electron chi connectivity index (χ3n) is 17.4. The summed E-state index contributed by atoms with van der Waals surface area (Å²) >= 11 is 0. The van der Waals surface area contributed by atoms with Crippen molar-refractivity contribution in [1.29, 1.82) is 0 Å². The quantitative estimate of drug-likeness (QED) is 0.0613. The Morgan fingerprint density at radius 1 is 0.852 bits per heavy atom. The van der Waals surface area contributed by atoms with Crippen LogP contribution in [0.5, 0.6) is 0 Å². The van der Waals surface area contributed by atoms with E-state index in [4.69, 9.17) is 24.6 Å². The third kappa shape index (κ3) is 14.4. The number of cyclic esters (lactones) is 1. The van der Waals surface area contributed by atoms with Crippen molar-refractivity contribution in [3.05, 3.63) is 44.6 Å². The van der Waals surface area contributed by atoms with Crippen LogP contribution >= 0.6 is 0 Å². The fraction of sp³-hybridized carbons (Fsp3) is 0.629. The Balaban J connectivity index is 1.42. The Hall–Kier alpha value is -8.03. The van der Waals surface area contributed by atoms with Gasteiger partial charge in [-0.15, -0.1) is 0 Å². The average molecular weight is 1230 g/mol. The van der Waals surface area contributed by atoms with Gasteiger partial charge in [0.1, 0.15) is 53.9 Å². The number of anilines is 1. The molecule has 3 fully saturated rings. The van der Waals surface area contributed by atoms with E-state index < -0.39 is 148 Å². The van der Waals surface area contributed by atoms with E-state index in [0.717, 1.165) is 13.0 Å². The molecule has 4 aliphatic heterocycles. The van der Waals surface area contributed by atoms with Gasteiger partial charge in [0.2, 0.25) is 40.9 Å². The number of hydrogen-bond donors (Lipinski definition) is 4. The van der Waals surface area contributed by atoms with Crippen molar-refractivity contribution >= 4 is 82.3 Å². The molecular weight excluding hydrogens is 1140 g/mol. The van der Waals surface area contributed by atoms with Crippen molar-refractivity contribution in [2.75, 3.05) is 67.2 Å². The molecule has 1 aromatic carbocycles. The van der Waals surface area contributed by atoms with E-state index in [0.29, 0.717) is 31.1 Å². The van der Waals surface area contributed by atoms with E-state index in [1.54, 1.807) is 62.3 Å². The number of carbonyl (C=O) groups excluding carboxylic acids is 11. The first kappa shape index (κ1) is 69.1. The number of aldehydes is 1. The molecule has 10 atom stereocenters. The van der Waals surface area contributed by atoms with Crippen molar-refractivity contribution in [2.45, 2.75) is 163 Å². The number of fused-ring (bicyclic) bond motifs is 3. The average Bonchev–Trinajstić information content (AvgIpc) is 1.05. The Morgan fingerprint density at radius 3 is 2.08 bits per heavy atom. The molecular formula is C62H89N11O15. The molecule has 0 spiro atoms. The lowest BCUT2D eigenvalue weighted by Gasteiger charge is -2.39. The van der Waals surface area contributed by atoms with E-state index in [2.05, 4.69) is 16.0 Å². The number of rotatable bonds is 18. The molecule has 482 valence electrons. The predicted molar refractivity (Wildman–Crippen MR) is 324 cm³/mol. The molecule has 26 nitrogen and oxygen atoms in total. The van der Waals surface area contributed by atoms with E-state index in [-0.39, 0.29) is 65.3 Å². The maximum atomic E-state index is 15.3. The number of aromatic nitrogens is 1. The maximum Gasteiger partial charge on any atom is 0.329 e. The summed E-state index contributed by atoms with van der Waals surface area (Å²) in [5, 5.41) is 8.13. The maximum absolute atomic E-state index is 15.3. The standard InChI is InChI=1S/C62H89N11O15/c1-29(2)38(28-74)64-57(80)47(36(12)87-62(85)51(32(7)8)71(16)41(75)26-69(14)58(81)39-20-18-24-68(39)13)67-55(78)37-23-22-33(9)53-48(37)65-49-44(45(63)52(77)34(10)54(49)88-53)56(79)66-46-35(11)86-61(84)50(31(5)6)72(17)42(76)27-70(15)59(82)40-21-19-25-73(40)60(83)43(46)30(3)4/h22-23,28-32,35-36,38-40,43,46-47,50-51H,18-21,24-27,63H2,1-17H3,(H,64,80)(H,66,79)(H,67,78). The van der Waals surface area contributed by atoms with Gasteiger partial charge in [-0.1, -0.05) is 61.5 Å². The van der Waals surface area contributed by atoms with Crippen LogP contribution in [0.2, 0.25) is 0 Å². The Kier molecular flexibility index (Phi) is 22.3. The summed E-state index contributed by atoms with van der Waals surface area (Å²) in [7, 11) is 7.62. The largest absolute Gasteiger partial charge is 0.459 e. The lowest BCUT2D eigenvalue weighted by Crippen LogP contribution is -2.59. The van der Waals surface area contributed by atoms with Crippen LogP contribution in [0, 0.1) is 43.4 Å². The second-order valence-electron chi connectivity index (χ2n) is 25.3. The van der Waals surface area contributed by atoms with Crippen LogP contribution in [0.4, 0.5) is 5.69 Å². The molecule has 5 aliphatic rings. The van der Waals surface area contributed by atoms with Gasteiger partial charge in [-0.3, -0.25) is 48.1 Å². The van der Waals surface area contributed by atoms with Gasteiger partial charge in [-0.25, -0.2) is 14.6 Å². The lowest BCUT2D eigenvalue weighted by atomic mass is 9.83. The van der Waals surface area contributed by atoms with Crippen molar-refractivity contribution in [2.24, 2.45) is 29.6 Å². The number of nitrogen functional groups attached to an aromatic ring is 1. The smallest absolute Gasteiger partial charge is 0.329 e. The van der Waals surface area contributed by atoms with Gasteiger partial charge >= 0.3 is 11.9 Å². The molecule has 0 radical (unpaired) electrons. The van der Waals surface area contributed by atoms with Crippen LogP contribution in [0.1, 0.15) is 127 Å². The summed E-state index contributed by atoms with van der Waals surface area (Å²) in [6.07, 6.45) is -0.0704. The van der Waals surface area contributed by atoms with Crippen LogP contribution in [0.3, 0.4) is 0 Å². The zero-order valence-electron chi connectivity index (χ0n) is 53.8. The van der Waals surface area contributed by atoms with Gasteiger partial charge in [0.05, 0.1) is 53.9 Å². The van der Waals surface area contributed by atoms with Gasteiger partial charge in [-0.05, 0) is 102 Å². The summed E-state index contributed by atoms with van der Waals surface area (Å²) in [6.45, 7) is 19.6. The second-order valence-corrected chi connectivity index (χ2v) is 25.3. The zero-order valence-corrected chi connectivity index (χ0v) is 53.8. The Labute approximate surface area is 513 Å². The Morgan fingerprint density at radius 2 is 1.50 bits per heavy atom. The Bertz CT molecular complexity index is 3230. The van der Waals surface area contributed by atoms with Gasteiger partial charge in [0.25, 0.3) is 11.8 Å². The van der Waals surface area contributed by atoms with Gasteiger partial charge in [-0.2, -0.15) is 0 Å². The number of likely N-dealkylation sites (tertiary alicyclic amines) is 1. The minimum atomic E-state index is -1.73. The van der Waals surface area contributed by atoms with Crippen molar-refractivity contribution in [1.82, 2.24) is 50.3 Å². The molecule has 10 unspecified atom stereocenters. The lowest BCUT2D eigenvalue weighted by molar-refractivity contribution is -0.165. The molecule has 4 heterocycles. The molecule has 1 aliphatic carbocycles. The van der Waals surface area contributed by atoms with Crippen LogP contribution in [0.25, 0.3) is 22.6 Å². The molecule has 0 aromatic heterocycles. The fourth-order valence-electron chi connectivity index (χ4n) is 12.1. The topological polar surface area (TPSA) is 331 Å². The number of ether oxygens (including phenoxy) is 2. The first-order valence-corrected chi connectivity index (χ1v) is 30.1. The second kappa shape index (κ2) is 28.4. The number of amides is 8. The van der Waals surface area contributed by atoms with Gasteiger partial charge < -0.3 is 64.9 Å². The fourth-order valence-corrected chi connectivity index (χ4v) is 12.1. The van der Waals surface area contributed by atoms with Crippen LogP contribution in [0.15, 0.2) is 21.3 Å². The highest BCUT2D eigenvalue weighted by Gasteiger charge is 2.47. The SMILES string of the molecule is Cc1c2oc3c(C)ccc(C(=O)NC(C(=O)NC(C=O)C(C)C)C(C)OC(=O)C(C(C)C)N(C)C(=O)CN(C)C(=O)C4CCCN4C)c3nc-2c(C(=O)NC2C(C)OC(=O)C(C(C)C)N(C)C(=O)CN(C)C(=O)C3CCCN3C(=O)C2C(C)C)c(N)c1=O. The summed E-state index contributed by atoms with van der Waals surface area (Å²) < 4.78 is 18.5. The summed E-state index contributed by atoms with van der Waals surface area (Å²) in [4.78, 5) is 183. The summed E-state index contributed by atoms with van der Waals surface area (Å²) in [6, 6.07) is -5.05. The molecule has 6 rings (SSSR count). The highest BCUT2D eigenvalue weighted by molar-refractivity contribution is 6.10. The number of carbonyl (C=O) groups is 11. The zero-order chi connectivity index (χ0) is 65.8. The number of nitrogens with one attached hydrogen (secondary N) is 3. The monoisotopic (exact) mass is 1230 g/mol. The molecule has 3 saturated heterocycles. The first-order chi connectivity index (χ1) is 41.2. The van der Waals surface area contributed by atoms with Crippen LogP contribution in [-0.2, 0) is 52.6 Å². The highest BCUT2D eigenvalue weighted by atomic mass is 16.6. The molecule has 8 amide bonds. The predicted octanol–water partition coefficient (Wildman–Crippen LogP) is 2.15.